The van der Waals surface area contributed by atoms with Crippen molar-refractivity contribution in [2.24, 2.45) is 0 Å². The van der Waals surface area contributed by atoms with Gasteiger partial charge in [-0.2, -0.15) is 0 Å². The fourth-order valence-corrected chi connectivity index (χ4v) is 6.47. The molecule has 0 spiro atoms. The first kappa shape index (κ1) is 26.0. The molecule has 2 aliphatic rings. The number of H-pyrrole nitrogens is 1. The van der Waals surface area contributed by atoms with Gasteiger partial charge in [-0.15, -0.1) is 5.10 Å². The van der Waals surface area contributed by atoms with Crippen LogP contribution in [0.5, 0.6) is 0 Å². The Balaban J connectivity index is 1.40. The molecule has 39 heavy (non-hydrogen) atoms. The smallest absolute Gasteiger partial charge is 0.253 e. The monoisotopic (exact) mass is 545 g/mol. The summed E-state index contributed by atoms with van der Waals surface area (Å²) in [6.07, 6.45) is 5.76. The molecule has 1 aliphatic carbocycles. The number of rotatable bonds is 5. The molecule has 9 heteroatoms. The molecule has 2 fully saturated rings. The predicted octanol–water partition coefficient (Wildman–Crippen LogP) is 5.51. The highest BCUT2D eigenvalue weighted by molar-refractivity contribution is 6.30. The minimum Gasteiger partial charge on any atom is -0.369 e. The van der Waals surface area contributed by atoms with E-state index in [1.807, 2.05) is 16.8 Å². The quantitative estimate of drug-likeness (QED) is 0.356. The minimum atomic E-state index is -0.334. The number of aromatic amines is 1. The maximum absolute atomic E-state index is 13.7. The highest BCUT2D eigenvalue weighted by atomic mass is 35.5. The van der Waals surface area contributed by atoms with Crippen molar-refractivity contribution in [3.8, 4) is 0 Å². The summed E-state index contributed by atoms with van der Waals surface area (Å²) in [5, 5.41) is 15.0. The standard InChI is InChI=1S/C30H36ClN7O/c1-19-9-10-23(31)18-27(19)36-11-13-37(14-12-36)28(29-33-34-35-38(29)24-7-5-4-6-8-24)25-17-22-15-20(2)21(3)16-26(22)32-30(25)39/h9-10,15-18,24,28H,4-8,11-14H2,1-3H3,(H,32,39). The van der Waals surface area contributed by atoms with Crippen molar-refractivity contribution in [2.45, 2.75) is 65.0 Å². The number of hydrogen-bond donors (Lipinski definition) is 1. The zero-order valence-electron chi connectivity index (χ0n) is 23.0. The van der Waals surface area contributed by atoms with E-state index in [0.717, 1.165) is 66.3 Å². The Morgan fingerprint density at radius 1 is 0.923 bits per heavy atom. The van der Waals surface area contributed by atoms with Crippen LogP contribution in [0.3, 0.4) is 0 Å². The summed E-state index contributed by atoms with van der Waals surface area (Å²) in [4.78, 5) is 21.6. The van der Waals surface area contributed by atoms with Crippen LogP contribution in [0, 0.1) is 20.8 Å². The Bertz CT molecular complexity index is 1550. The molecule has 1 atom stereocenters. The van der Waals surface area contributed by atoms with Gasteiger partial charge in [0.2, 0.25) is 0 Å². The fourth-order valence-electron chi connectivity index (χ4n) is 6.31. The Labute approximate surface area is 234 Å². The van der Waals surface area contributed by atoms with Crippen LogP contribution in [0.1, 0.15) is 72.3 Å². The largest absolute Gasteiger partial charge is 0.369 e. The zero-order chi connectivity index (χ0) is 27.1. The molecule has 1 N–H and O–H groups in total. The Kier molecular flexibility index (Phi) is 7.16. The van der Waals surface area contributed by atoms with Gasteiger partial charge in [0, 0.05) is 48.0 Å². The van der Waals surface area contributed by atoms with Gasteiger partial charge in [0.25, 0.3) is 5.56 Å². The van der Waals surface area contributed by atoms with Crippen molar-refractivity contribution in [2.75, 3.05) is 31.1 Å². The van der Waals surface area contributed by atoms with E-state index < -0.39 is 0 Å². The molecule has 8 nitrogen and oxygen atoms in total. The molecule has 0 bridgehead atoms. The summed E-state index contributed by atoms with van der Waals surface area (Å²) < 4.78 is 2.02. The third kappa shape index (κ3) is 5.08. The maximum atomic E-state index is 13.7. The van der Waals surface area contributed by atoms with Crippen LogP contribution < -0.4 is 10.5 Å². The minimum absolute atomic E-state index is 0.0814. The van der Waals surface area contributed by atoms with E-state index in [1.165, 1.54) is 36.1 Å². The van der Waals surface area contributed by atoms with Crippen LogP contribution in [0.25, 0.3) is 10.9 Å². The Morgan fingerprint density at radius 3 is 2.44 bits per heavy atom. The average Bonchev–Trinajstić information content (AvgIpc) is 3.42. The lowest BCUT2D eigenvalue weighted by Gasteiger charge is -2.40. The summed E-state index contributed by atoms with van der Waals surface area (Å²) in [5.74, 6) is 0.767. The lowest BCUT2D eigenvalue weighted by molar-refractivity contribution is 0.192. The number of fused-ring (bicyclic) bond motifs is 1. The molecule has 2 aromatic heterocycles. The molecule has 4 aromatic rings. The number of nitrogens with one attached hydrogen (secondary N) is 1. The molecule has 3 heterocycles. The van der Waals surface area contributed by atoms with Crippen LogP contribution in [0.4, 0.5) is 5.69 Å². The molecule has 204 valence electrons. The topological polar surface area (TPSA) is 82.9 Å². The van der Waals surface area contributed by atoms with Gasteiger partial charge in [0.05, 0.1) is 6.04 Å². The molecule has 6 rings (SSSR count). The predicted molar refractivity (Wildman–Crippen MR) is 156 cm³/mol. The summed E-state index contributed by atoms with van der Waals surface area (Å²) in [5.41, 5.74) is 6.22. The molecule has 1 unspecified atom stereocenters. The highest BCUT2D eigenvalue weighted by Crippen LogP contribution is 2.34. The second-order valence-electron chi connectivity index (χ2n) is 11.2. The van der Waals surface area contributed by atoms with E-state index in [4.69, 9.17) is 11.6 Å². The lowest BCUT2D eigenvalue weighted by atomic mass is 9.95. The summed E-state index contributed by atoms with van der Waals surface area (Å²) in [6, 6.07) is 12.3. The second kappa shape index (κ2) is 10.7. The Hall–Kier alpha value is -3.23. The SMILES string of the molecule is Cc1cc2cc(C(c3nnnn3C3CCCCC3)N3CCN(c4cc(Cl)ccc4C)CC3)c(=O)[nH]c2cc1C. The summed E-state index contributed by atoms with van der Waals surface area (Å²) >= 11 is 6.34. The van der Waals surface area contributed by atoms with Gasteiger partial charge in [-0.1, -0.05) is 36.9 Å². The third-order valence-corrected chi connectivity index (χ3v) is 8.89. The van der Waals surface area contributed by atoms with E-state index >= 15 is 0 Å². The molecule has 1 aliphatic heterocycles. The van der Waals surface area contributed by atoms with Gasteiger partial charge in [0.1, 0.15) is 6.04 Å². The fraction of sp³-hybridized carbons (Fsp3) is 0.467. The molecular formula is C30H36ClN7O. The number of nitrogens with zero attached hydrogens (tertiary/aromatic N) is 6. The van der Waals surface area contributed by atoms with Gasteiger partial charge >= 0.3 is 0 Å². The normalized spacial score (nSPS) is 18.1. The van der Waals surface area contributed by atoms with E-state index in [-0.39, 0.29) is 17.6 Å². The number of piperazine rings is 1. The van der Waals surface area contributed by atoms with E-state index in [0.29, 0.717) is 5.56 Å². The van der Waals surface area contributed by atoms with Gasteiger partial charge in [0.15, 0.2) is 5.82 Å². The van der Waals surface area contributed by atoms with Gasteiger partial charge in [-0.3, -0.25) is 9.69 Å². The molecular weight excluding hydrogens is 510 g/mol. The second-order valence-corrected chi connectivity index (χ2v) is 11.6. The van der Waals surface area contributed by atoms with Crippen molar-refractivity contribution in [1.29, 1.82) is 0 Å². The number of pyridine rings is 1. The molecule has 0 amide bonds. The highest BCUT2D eigenvalue weighted by Gasteiger charge is 2.34. The average molecular weight is 546 g/mol. The van der Waals surface area contributed by atoms with Crippen LogP contribution in [0.2, 0.25) is 5.02 Å². The Morgan fingerprint density at radius 2 is 1.67 bits per heavy atom. The van der Waals surface area contributed by atoms with Gasteiger partial charge < -0.3 is 9.88 Å². The third-order valence-electron chi connectivity index (χ3n) is 8.66. The van der Waals surface area contributed by atoms with Crippen molar-refractivity contribution in [3.05, 3.63) is 79.9 Å². The van der Waals surface area contributed by atoms with E-state index in [2.05, 4.69) is 75.3 Å². The van der Waals surface area contributed by atoms with Crippen molar-refractivity contribution in [3.63, 3.8) is 0 Å². The number of halogens is 1. The molecule has 2 aromatic carbocycles. The van der Waals surface area contributed by atoms with Crippen molar-refractivity contribution in [1.82, 2.24) is 30.1 Å². The van der Waals surface area contributed by atoms with Crippen molar-refractivity contribution < 1.29 is 0 Å². The zero-order valence-corrected chi connectivity index (χ0v) is 23.7. The van der Waals surface area contributed by atoms with Crippen LogP contribution in [-0.4, -0.2) is 56.3 Å². The van der Waals surface area contributed by atoms with Crippen molar-refractivity contribution >= 4 is 28.2 Å². The van der Waals surface area contributed by atoms with Gasteiger partial charge in [-0.25, -0.2) is 4.68 Å². The number of aromatic nitrogens is 5. The number of tetrazole rings is 1. The van der Waals surface area contributed by atoms with Crippen LogP contribution in [0.15, 0.2) is 41.2 Å². The van der Waals surface area contributed by atoms with Crippen LogP contribution >= 0.6 is 11.6 Å². The number of hydrogen-bond acceptors (Lipinski definition) is 6. The molecule has 0 radical (unpaired) electrons. The molecule has 1 saturated heterocycles. The summed E-state index contributed by atoms with van der Waals surface area (Å²) in [7, 11) is 0. The first-order valence-corrected chi connectivity index (χ1v) is 14.4. The van der Waals surface area contributed by atoms with E-state index in [9.17, 15) is 4.79 Å². The molecule has 1 saturated carbocycles. The number of aryl methyl sites for hydroxylation is 3. The van der Waals surface area contributed by atoms with Gasteiger partial charge in [-0.05, 0) is 96.4 Å². The summed E-state index contributed by atoms with van der Waals surface area (Å²) in [6.45, 7) is 9.51. The van der Waals surface area contributed by atoms with E-state index in [1.54, 1.807) is 0 Å². The maximum Gasteiger partial charge on any atom is 0.253 e. The first-order valence-electron chi connectivity index (χ1n) is 14.1. The lowest BCUT2D eigenvalue weighted by Crippen LogP contribution is -2.49. The first-order chi connectivity index (χ1) is 18.9. The number of anilines is 1. The van der Waals surface area contributed by atoms with Crippen LogP contribution in [-0.2, 0) is 0 Å². The number of benzene rings is 2.